The highest BCUT2D eigenvalue weighted by Crippen LogP contribution is 2.36. The number of rotatable bonds is 7. The Kier molecular flexibility index (Phi) is 7.71. The summed E-state index contributed by atoms with van der Waals surface area (Å²) < 4.78 is 5.44. The first-order chi connectivity index (χ1) is 18.0. The third kappa shape index (κ3) is 5.94. The molecule has 1 fully saturated rings. The molecule has 5 nitrogen and oxygen atoms in total. The Morgan fingerprint density at radius 2 is 1.76 bits per heavy atom. The van der Waals surface area contributed by atoms with Crippen molar-refractivity contribution in [3.63, 3.8) is 0 Å². The van der Waals surface area contributed by atoms with E-state index in [1.165, 1.54) is 22.3 Å². The van der Waals surface area contributed by atoms with E-state index in [-0.39, 0.29) is 11.9 Å². The van der Waals surface area contributed by atoms with Crippen LogP contribution in [-0.4, -0.2) is 48.3 Å². The second kappa shape index (κ2) is 11.3. The molecule has 2 aliphatic rings. The van der Waals surface area contributed by atoms with Crippen LogP contribution in [0.4, 0.5) is 0 Å². The molecule has 2 aliphatic heterocycles. The molecule has 0 radical (unpaired) electrons. The highest BCUT2D eigenvalue weighted by Gasteiger charge is 2.35. The Hall–Kier alpha value is -3.44. The van der Waals surface area contributed by atoms with Crippen LogP contribution in [0.2, 0.25) is 0 Å². The van der Waals surface area contributed by atoms with Gasteiger partial charge in [0.15, 0.2) is 0 Å². The van der Waals surface area contributed by atoms with Gasteiger partial charge in [0.05, 0.1) is 25.4 Å². The summed E-state index contributed by atoms with van der Waals surface area (Å²) in [6.45, 7) is 6.55. The number of hydrogen-bond acceptors (Lipinski definition) is 4. The van der Waals surface area contributed by atoms with Gasteiger partial charge < -0.3 is 4.74 Å². The molecule has 0 aromatic heterocycles. The highest BCUT2D eigenvalue weighted by molar-refractivity contribution is 6.03. The van der Waals surface area contributed by atoms with E-state index >= 15 is 0 Å². The lowest BCUT2D eigenvalue weighted by molar-refractivity contribution is -0.134. The molecule has 5 rings (SSSR count). The van der Waals surface area contributed by atoms with Crippen LogP contribution >= 0.6 is 0 Å². The first kappa shape index (κ1) is 25.2. The average Bonchev–Trinajstić information content (AvgIpc) is 3.37. The van der Waals surface area contributed by atoms with Crippen molar-refractivity contribution in [2.75, 3.05) is 26.7 Å². The van der Waals surface area contributed by atoms with Gasteiger partial charge in [-0.1, -0.05) is 66.2 Å². The van der Waals surface area contributed by atoms with E-state index in [0.717, 1.165) is 49.4 Å². The van der Waals surface area contributed by atoms with Crippen molar-refractivity contribution in [3.8, 4) is 5.75 Å². The topological polar surface area (TPSA) is 45.1 Å². The fourth-order valence-electron chi connectivity index (χ4n) is 5.64. The summed E-state index contributed by atoms with van der Waals surface area (Å²) in [6.07, 6.45) is 4.07. The zero-order chi connectivity index (χ0) is 25.8. The van der Waals surface area contributed by atoms with Crippen LogP contribution in [0.3, 0.4) is 0 Å². The molecular weight excluding hydrogens is 458 g/mol. The Balaban J connectivity index is 1.31. The van der Waals surface area contributed by atoms with Crippen LogP contribution < -0.4 is 4.74 Å². The van der Waals surface area contributed by atoms with Crippen molar-refractivity contribution in [2.45, 2.75) is 45.6 Å². The van der Waals surface area contributed by atoms with Gasteiger partial charge in [0.1, 0.15) is 5.75 Å². The SMILES string of the molecule is COc1cccc(C2=NN(C(=O)CN3CCC(Cc4ccccc4)CC3)C(c3cc(C)ccc3C)C2)c1. The zero-order valence-electron chi connectivity index (χ0n) is 22.2. The number of carbonyl (C=O) groups is 1. The lowest BCUT2D eigenvalue weighted by Crippen LogP contribution is -2.42. The summed E-state index contributed by atoms with van der Waals surface area (Å²) in [5.41, 5.74) is 6.91. The summed E-state index contributed by atoms with van der Waals surface area (Å²) in [7, 11) is 1.67. The first-order valence-electron chi connectivity index (χ1n) is 13.4. The summed E-state index contributed by atoms with van der Waals surface area (Å²) >= 11 is 0. The monoisotopic (exact) mass is 495 g/mol. The number of piperidine rings is 1. The predicted molar refractivity (Wildman–Crippen MR) is 149 cm³/mol. The maximum absolute atomic E-state index is 13.7. The minimum Gasteiger partial charge on any atom is -0.497 e. The molecule has 1 atom stereocenters. The standard InChI is InChI=1S/C32H37N3O2/c1-23-12-13-24(2)29(18-23)31-21-30(27-10-7-11-28(20-27)37-3)33-35(31)32(36)22-34-16-14-26(15-17-34)19-25-8-5-4-6-9-25/h4-13,18,20,26,31H,14-17,19,21-22H2,1-3H3. The van der Waals surface area contributed by atoms with Crippen LogP contribution in [0.15, 0.2) is 77.9 Å². The Morgan fingerprint density at radius 3 is 2.51 bits per heavy atom. The molecule has 0 N–H and O–H groups in total. The van der Waals surface area contributed by atoms with Crippen LogP contribution in [-0.2, 0) is 11.2 Å². The van der Waals surface area contributed by atoms with E-state index in [1.807, 2.05) is 24.3 Å². The number of hydrogen-bond donors (Lipinski definition) is 0. The lowest BCUT2D eigenvalue weighted by Gasteiger charge is -2.33. The molecule has 1 amide bonds. The molecule has 1 unspecified atom stereocenters. The summed E-state index contributed by atoms with van der Waals surface area (Å²) in [5.74, 6) is 1.55. The van der Waals surface area contributed by atoms with Gasteiger partial charge >= 0.3 is 0 Å². The molecule has 2 heterocycles. The number of ether oxygens (including phenoxy) is 1. The van der Waals surface area contributed by atoms with Crippen molar-refractivity contribution >= 4 is 11.6 Å². The number of amides is 1. The summed E-state index contributed by atoms with van der Waals surface area (Å²) in [4.78, 5) is 16.0. The number of hydrazone groups is 1. The van der Waals surface area contributed by atoms with E-state index in [9.17, 15) is 4.79 Å². The Bertz CT molecular complexity index is 1260. The molecule has 192 valence electrons. The fraction of sp³-hybridized carbons (Fsp3) is 0.375. The molecule has 3 aromatic carbocycles. The summed E-state index contributed by atoms with van der Waals surface area (Å²) in [6, 6.07) is 25.1. The zero-order valence-corrected chi connectivity index (χ0v) is 22.2. The minimum atomic E-state index is -0.0933. The van der Waals surface area contributed by atoms with Crippen molar-refractivity contribution in [1.82, 2.24) is 9.91 Å². The summed E-state index contributed by atoms with van der Waals surface area (Å²) in [5, 5.41) is 6.67. The number of carbonyl (C=O) groups excluding carboxylic acids is 1. The first-order valence-corrected chi connectivity index (χ1v) is 13.4. The van der Waals surface area contributed by atoms with Crippen molar-refractivity contribution in [1.29, 1.82) is 0 Å². The van der Waals surface area contributed by atoms with Gasteiger partial charge in [-0.3, -0.25) is 9.69 Å². The van der Waals surface area contributed by atoms with Gasteiger partial charge in [-0.15, -0.1) is 0 Å². The van der Waals surface area contributed by atoms with Crippen LogP contribution in [0.1, 0.15) is 53.1 Å². The van der Waals surface area contributed by atoms with Gasteiger partial charge in [-0.25, -0.2) is 5.01 Å². The molecule has 0 aliphatic carbocycles. The van der Waals surface area contributed by atoms with Crippen molar-refractivity contribution < 1.29 is 9.53 Å². The molecular formula is C32H37N3O2. The number of benzene rings is 3. The van der Waals surface area contributed by atoms with Gasteiger partial charge in [-0.05, 0) is 80.9 Å². The molecule has 0 bridgehead atoms. The van der Waals surface area contributed by atoms with Crippen molar-refractivity contribution in [3.05, 3.63) is 101 Å². The largest absolute Gasteiger partial charge is 0.497 e. The molecule has 1 saturated heterocycles. The van der Waals surface area contributed by atoms with Crippen molar-refractivity contribution in [2.24, 2.45) is 11.0 Å². The number of methoxy groups -OCH3 is 1. The van der Waals surface area contributed by atoms with E-state index in [0.29, 0.717) is 18.9 Å². The van der Waals surface area contributed by atoms with E-state index in [1.54, 1.807) is 12.1 Å². The fourth-order valence-corrected chi connectivity index (χ4v) is 5.64. The molecule has 0 spiro atoms. The molecule has 37 heavy (non-hydrogen) atoms. The minimum absolute atomic E-state index is 0.0744. The number of aryl methyl sites for hydroxylation is 2. The van der Waals surface area contributed by atoms with Gasteiger partial charge in [0.25, 0.3) is 5.91 Å². The lowest BCUT2D eigenvalue weighted by atomic mass is 9.90. The van der Waals surface area contributed by atoms with Gasteiger partial charge in [0, 0.05) is 12.0 Å². The Morgan fingerprint density at radius 1 is 0.973 bits per heavy atom. The second-order valence-corrected chi connectivity index (χ2v) is 10.5. The average molecular weight is 496 g/mol. The normalized spacial score (nSPS) is 18.6. The maximum Gasteiger partial charge on any atom is 0.257 e. The molecule has 0 saturated carbocycles. The van der Waals surface area contributed by atoms with Gasteiger partial charge in [-0.2, -0.15) is 5.10 Å². The highest BCUT2D eigenvalue weighted by atomic mass is 16.5. The van der Waals surface area contributed by atoms with Crippen LogP contribution in [0.5, 0.6) is 5.75 Å². The predicted octanol–water partition coefficient (Wildman–Crippen LogP) is 5.94. The number of nitrogens with zero attached hydrogens (tertiary/aromatic N) is 3. The van der Waals surface area contributed by atoms with Crippen LogP contribution in [0, 0.1) is 19.8 Å². The smallest absolute Gasteiger partial charge is 0.257 e. The molecule has 3 aromatic rings. The maximum atomic E-state index is 13.7. The quantitative estimate of drug-likeness (QED) is 0.407. The van der Waals surface area contributed by atoms with Crippen LogP contribution in [0.25, 0.3) is 0 Å². The van der Waals surface area contributed by atoms with E-state index in [2.05, 4.69) is 67.3 Å². The Labute approximate surface area is 220 Å². The third-order valence-corrected chi connectivity index (χ3v) is 7.80. The van der Waals surface area contributed by atoms with E-state index in [4.69, 9.17) is 9.84 Å². The molecule has 5 heteroatoms. The van der Waals surface area contributed by atoms with Gasteiger partial charge in [0.2, 0.25) is 0 Å². The van der Waals surface area contributed by atoms with E-state index < -0.39 is 0 Å². The number of likely N-dealkylation sites (tertiary alicyclic amines) is 1. The third-order valence-electron chi connectivity index (χ3n) is 7.80. The second-order valence-electron chi connectivity index (χ2n) is 10.5.